The van der Waals surface area contributed by atoms with E-state index in [0.29, 0.717) is 29.1 Å². The second-order valence-electron chi connectivity index (χ2n) is 5.70. The Kier molecular flexibility index (Phi) is 5.32. The molecule has 0 bridgehead atoms. The average Bonchev–Trinajstić information content (AvgIpc) is 3.11. The first kappa shape index (κ1) is 16.7. The first-order valence-corrected chi connectivity index (χ1v) is 8.28. The fourth-order valence-electron chi connectivity index (χ4n) is 2.76. The molecule has 1 aliphatic heterocycles. The Balaban J connectivity index is 1.62. The Morgan fingerprint density at radius 3 is 3.00 bits per heavy atom. The molecule has 0 unspecified atom stereocenters. The standard InChI is InChI=1S/C16H20ClN5O2/c1-24-15-8-12(17)3-2-11(15)9-19-16(23)14-10-22(21-20-14)13-4-6-18-7-5-13/h2-3,8,10,13,18H,4-7,9H2,1H3,(H,19,23). The third kappa shape index (κ3) is 3.85. The number of nitrogens with one attached hydrogen (secondary N) is 2. The largest absolute Gasteiger partial charge is 0.496 e. The van der Waals surface area contributed by atoms with E-state index in [9.17, 15) is 4.79 Å². The normalized spacial score (nSPS) is 15.2. The van der Waals surface area contributed by atoms with Crippen LogP contribution in [0, 0.1) is 0 Å². The van der Waals surface area contributed by atoms with Crippen LogP contribution in [0.3, 0.4) is 0 Å². The van der Waals surface area contributed by atoms with Gasteiger partial charge in [0, 0.05) is 17.1 Å². The number of amides is 1. The van der Waals surface area contributed by atoms with E-state index in [1.165, 1.54) is 0 Å². The van der Waals surface area contributed by atoms with Crippen molar-refractivity contribution in [3.63, 3.8) is 0 Å². The van der Waals surface area contributed by atoms with Gasteiger partial charge in [0.05, 0.1) is 19.3 Å². The lowest BCUT2D eigenvalue weighted by molar-refractivity contribution is 0.0945. The number of hydrogen-bond acceptors (Lipinski definition) is 5. The van der Waals surface area contributed by atoms with E-state index < -0.39 is 0 Å². The van der Waals surface area contributed by atoms with Crippen molar-refractivity contribution < 1.29 is 9.53 Å². The number of benzene rings is 1. The minimum atomic E-state index is -0.257. The van der Waals surface area contributed by atoms with Crippen molar-refractivity contribution in [2.75, 3.05) is 20.2 Å². The third-order valence-corrected chi connectivity index (χ3v) is 4.35. The monoisotopic (exact) mass is 349 g/mol. The number of nitrogens with zero attached hydrogens (tertiary/aromatic N) is 3. The van der Waals surface area contributed by atoms with Crippen molar-refractivity contribution in [3.8, 4) is 5.75 Å². The topological polar surface area (TPSA) is 81.1 Å². The van der Waals surface area contributed by atoms with E-state index in [-0.39, 0.29) is 5.91 Å². The predicted molar refractivity (Wildman–Crippen MR) is 90.3 cm³/mol. The number of piperidine rings is 1. The molecule has 1 saturated heterocycles. The van der Waals surface area contributed by atoms with Gasteiger partial charge in [0.1, 0.15) is 5.75 Å². The molecule has 24 heavy (non-hydrogen) atoms. The zero-order valence-electron chi connectivity index (χ0n) is 13.5. The van der Waals surface area contributed by atoms with Gasteiger partial charge in [-0.3, -0.25) is 4.79 Å². The summed E-state index contributed by atoms with van der Waals surface area (Å²) in [6.45, 7) is 2.25. The smallest absolute Gasteiger partial charge is 0.273 e. The van der Waals surface area contributed by atoms with Gasteiger partial charge in [0.15, 0.2) is 5.69 Å². The van der Waals surface area contributed by atoms with Gasteiger partial charge in [-0.1, -0.05) is 22.9 Å². The molecule has 1 fully saturated rings. The SMILES string of the molecule is COc1cc(Cl)ccc1CNC(=O)c1cn(C2CCNCC2)nn1. The van der Waals surface area contributed by atoms with Gasteiger partial charge in [-0.05, 0) is 38.1 Å². The van der Waals surface area contributed by atoms with Gasteiger partial charge in [0.25, 0.3) is 5.91 Å². The summed E-state index contributed by atoms with van der Waals surface area (Å²) in [7, 11) is 1.57. The summed E-state index contributed by atoms with van der Waals surface area (Å²) in [5.41, 5.74) is 1.17. The number of hydrogen-bond donors (Lipinski definition) is 2. The van der Waals surface area contributed by atoms with E-state index in [4.69, 9.17) is 16.3 Å². The number of ether oxygens (including phenoxy) is 1. The predicted octanol–water partition coefficient (Wildman–Crippen LogP) is 1.79. The third-order valence-electron chi connectivity index (χ3n) is 4.11. The van der Waals surface area contributed by atoms with Crippen molar-refractivity contribution in [2.24, 2.45) is 0 Å². The van der Waals surface area contributed by atoms with Crippen molar-refractivity contribution in [2.45, 2.75) is 25.4 Å². The molecule has 2 heterocycles. The van der Waals surface area contributed by atoms with E-state index in [2.05, 4.69) is 20.9 Å². The number of carbonyl (C=O) groups is 1. The molecule has 128 valence electrons. The molecule has 0 saturated carbocycles. The van der Waals surface area contributed by atoms with Gasteiger partial charge in [-0.15, -0.1) is 5.10 Å². The molecule has 3 rings (SSSR count). The van der Waals surface area contributed by atoms with Gasteiger partial charge in [-0.25, -0.2) is 4.68 Å². The summed E-state index contributed by atoms with van der Waals surface area (Å²) in [4.78, 5) is 12.3. The van der Waals surface area contributed by atoms with Crippen LogP contribution in [0.2, 0.25) is 5.02 Å². The number of methoxy groups -OCH3 is 1. The lowest BCUT2D eigenvalue weighted by Gasteiger charge is -2.22. The fourth-order valence-corrected chi connectivity index (χ4v) is 2.92. The van der Waals surface area contributed by atoms with Crippen molar-refractivity contribution in [3.05, 3.63) is 40.7 Å². The lowest BCUT2D eigenvalue weighted by atomic mass is 10.1. The van der Waals surface area contributed by atoms with Crippen LogP contribution in [0.15, 0.2) is 24.4 Å². The molecule has 1 aliphatic rings. The average molecular weight is 350 g/mol. The Morgan fingerprint density at radius 2 is 2.25 bits per heavy atom. The van der Waals surface area contributed by atoms with Crippen LogP contribution >= 0.6 is 11.6 Å². The highest BCUT2D eigenvalue weighted by molar-refractivity contribution is 6.30. The van der Waals surface area contributed by atoms with Crippen molar-refractivity contribution in [1.82, 2.24) is 25.6 Å². The molecule has 8 heteroatoms. The molecule has 0 aliphatic carbocycles. The van der Waals surface area contributed by atoms with Gasteiger partial charge >= 0.3 is 0 Å². The number of carbonyl (C=O) groups excluding carboxylic acids is 1. The van der Waals surface area contributed by atoms with Crippen LogP contribution < -0.4 is 15.4 Å². The van der Waals surface area contributed by atoms with Gasteiger partial charge < -0.3 is 15.4 Å². The second-order valence-corrected chi connectivity index (χ2v) is 6.14. The maximum Gasteiger partial charge on any atom is 0.273 e. The van der Waals surface area contributed by atoms with Crippen LogP contribution in [-0.4, -0.2) is 41.1 Å². The zero-order chi connectivity index (χ0) is 16.9. The first-order chi connectivity index (χ1) is 11.7. The van der Waals surface area contributed by atoms with Crippen LogP contribution in [0.25, 0.3) is 0 Å². The summed E-state index contributed by atoms with van der Waals surface area (Å²) in [6.07, 6.45) is 3.70. The van der Waals surface area contributed by atoms with Crippen LogP contribution in [0.5, 0.6) is 5.75 Å². The highest BCUT2D eigenvalue weighted by Crippen LogP contribution is 2.23. The van der Waals surface area contributed by atoms with E-state index in [1.807, 2.05) is 6.07 Å². The van der Waals surface area contributed by atoms with Crippen LogP contribution in [0.1, 0.15) is 34.9 Å². The molecule has 0 atom stereocenters. The fraction of sp³-hybridized carbons (Fsp3) is 0.438. The maximum atomic E-state index is 12.3. The number of halogens is 1. The highest BCUT2D eigenvalue weighted by Gasteiger charge is 2.18. The van der Waals surface area contributed by atoms with Gasteiger partial charge in [0.2, 0.25) is 0 Å². The second kappa shape index (κ2) is 7.63. The Bertz CT molecular complexity index is 712. The summed E-state index contributed by atoms with van der Waals surface area (Å²) in [5.74, 6) is 0.383. The molecule has 2 aromatic rings. The quantitative estimate of drug-likeness (QED) is 0.860. The first-order valence-electron chi connectivity index (χ1n) is 7.90. The molecule has 2 N–H and O–H groups in total. The molecule has 0 radical (unpaired) electrons. The minimum Gasteiger partial charge on any atom is -0.496 e. The summed E-state index contributed by atoms with van der Waals surface area (Å²) < 4.78 is 7.06. The van der Waals surface area contributed by atoms with E-state index in [1.54, 1.807) is 30.1 Å². The summed E-state index contributed by atoms with van der Waals surface area (Å²) in [5, 5.41) is 14.8. The molecule has 1 aromatic heterocycles. The zero-order valence-corrected chi connectivity index (χ0v) is 14.2. The van der Waals surface area contributed by atoms with Crippen molar-refractivity contribution in [1.29, 1.82) is 0 Å². The molecule has 1 aromatic carbocycles. The minimum absolute atomic E-state index is 0.257. The molecule has 0 spiro atoms. The number of rotatable bonds is 5. The highest BCUT2D eigenvalue weighted by atomic mass is 35.5. The Morgan fingerprint density at radius 1 is 1.46 bits per heavy atom. The van der Waals surface area contributed by atoms with E-state index >= 15 is 0 Å². The summed E-state index contributed by atoms with van der Waals surface area (Å²) in [6, 6.07) is 5.61. The van der Waals surface area contributed by atoms with Crippen LogP contribution in [0.4, 0.5) is 0 Å². The van der Waals surface area contributed by atoms with Crippen molar-refractivity contribution >= 4 is 17.5 Å². The van der Waals surface area contributed by atoms with Crippen LogP contribution in [-0.2, 0) is 6.54 Å². The number of aromatic nitrogens is 3. The van der Waals surface area contributed by atoms with Gasteiger partial charge in [-0.2, -0.15) is 0 Å². The summed E-state index contributed by atoms with van der Waals surface area (Å²) >= 11 is 5.94. The molecular weight excluding hydrogens is 330 g/mol. The molecular formula is C16H20ClN5O2. The van der Waals surface area contributed by atoms with E-state index in [0.717, 1.165) is 31.5 Å². The Labute approximate surface area is 145 Å². The molecule has 1 amide bonds. The Hall–Kier alpha value is -2.12. The lowest BCUT2D eigenvalue weighted by Crippen LogP contribution is -2.29. The maximum absolute atomic E-state index is 12.3. The molecule has 7 nitrogen and oxygen atoms in total.